The maximum absolute atomic E-state index is 5.26. The monoisotopic (exact) mass is 235 g/mol. The molecular weight excluding hydrogens is 204 g/mol. The van der Waals surface area contributed by atoms with Crippen molar-refractivity contribution >= 4 is 0 Å². The minimum Gasteiger partial charge on any atom is -0.0845 e. The lowest BCUT2D eigenvalue weighted by Gasteiger charge is -2.01. The highest BCUT2D eigenvalue weighted by Crippen LogP contribution is 2.11. The van der Waals surface area contributed by atoms with Gasteiger partial charge in [0.1, 0.15) is 0 Å². The van der Waals surface area contributed by atoms with Gasteiger partial charge in [-0.25, -0.2) is 0 Å². The van der Waals surface area contributed by atoms with E-state index in [0.717, 1.165) is 0 Å². The lowest BCUT2D eigenvalue weighted by atomic mass is 10.1. The van der Waals surface area contributed by atoms with Crippen LogP contribution in [0.25, 0.3) is 0 Å². The molecule has 0 aliphatic carbocycles. The van der Waals surface area contributed by atoms with Gasteiger partial charge in [-0.2, -0.15) is 0 Å². The molecule has 0 aliphatic heterocycles. The predicted molar refractivity (Wildman–Crippen MR) is 79.1 cm³/mol. The zero-order valence-electron chi connectivity index (χ0n) is 11.8. The number of rotatable bonds is 13. The van der Waals surface area contributed by atoms with E-state index in [1.807, 2.05) is 6.08 Å². The Balaban J connectivity index is 2.93. The van der Waals surface area contributed by atoms with E-state index in [2.05, 4.69) is 13.0 Å². The van der Waals surface area contributed by atoms with Gasteiger partial charge in [-0.15, -0.1) is 0 Å². The van der Waals surface area contributed by atoms with Crippen LogP contribution in [0.5, 0.6) is 0 Å². The molecule has 17 heavy (non-hydrogen) atoms. The normalized spacial score (nSPS) is 11.1. The van der Waals surface area contributed by atoms with Crippen LogP contribution in [0.15, 0.2) is 18.2 Å². The van der Waals surface area contributed by atoms with Crippen molar-refractivity contribution in [3.8, 4) is 0 Å². The number of unbranched alkanes of at least 4 members (excludes halogenated alkanes) is 11. The van der Waals surface area contributed by atoms with E-state index in [0.29, 0.717) is 0 Å². The average Bonchev–Trinajstić information content (AvgIpc) is 2.35. The van der Waals surface area contributed by atoms with Crippen LogP contribution in [-0.2, 0) is 0 Å². The highest BCUT2D eigenvalue weighted by Gasteiger charge is 1.92. The molecule has 0 atom stereocenters. The second-order valence-corrected chi connectivity index (χ2v) is 4.94. The molecule has 0 aromatic rings. The second-order valence-electron chi connectivity index (χ2n) is 4.94. The van der Waals surface area contributed by atoms with E-state index in [1.165, 1.54) is 77.0 Å². The molecule has 0 heteroatoms. The van der Waals surface area contributed by atoms with E-state index in [4.69, 9.17) is 6.58 Å². The van der Waals surface area contributed by atoms with Crippen molar-refractivity contribution in [3.63, 3.8) is 0 Å². The van der Waals surface area contributed by atoms with Crippen LogP contribution in [0.3, 0.4) is 0 Å². The smallest absolute Gasteiger partial charge is 0.0348 e. The van der Waals surface area contributed by atoms with Crippen LogP contribution in [0.2, 0.25) is 0 Å². The van der Waals surface area contributed by atoms with Crippen LogP contribution in [-0.4, -0.2) is 0 Å². The third-order valence-electron chi connectivity index (χ3n) is 3.22. The summed E-state index contributed by atoms with van der Waals surface area (Å²) >= 11 is 0. The van der Waals surface area contributed by atoms with E-state index in [9.17, 15) is 0 Å². The Hall–Kier alpha value is -0.520. The SMILES string of the molecule is [CH]=CC=CCCCCCCCCCCCCC. The molecule has 0 N–H and O–H groups in total. The first kappa shape index (κ1) is 16.5. The summed E-state index contributed by atoms with van der Waals surface area (Å²) in [6.07, 6.45) is 22.5. The summed E-state index contributed by atoms with van der Waals surface area (Å²) in [5.41, 5.74) is 0. The standard InChI is InChI=1S/C17H31/c1-3-5-7-9-11-13-15-17-16-14-12-10-8-6-4-2/h1,3,5,7H,4,6,8-17H2,2H3. The first-order valence-electron chi connectivity index (χ1n) is 7.62. The first-order chi connectivity index (χ1) is 8.41. The van der Waals surface area contributed by atoms with Gasteiger partial charge in [-0.05, 0) is 12.8 Å². The Morgan fingerprint density at radius 2 is 1.18 bits per heavy atom. The number of allylic oxidation sites excluding steroid dienone is 3. The van der Waals surface area contributed by atoms with Gasteiger partial charge in [0, 0.05) is 0 Å². The minimum atomic E-state index is 1.19. The maximum Gasteiger partial charge on any atom is -0.0348 e. The molecule has 0 aromatic heterocycles. The van der Waals surface area contributed by atoms with Crippen molar-refractivity contribution in [2.45, 2.75) is 84.0 Å². The molecule has 0 saturated carbocycles. The number of hydrogen-bond donors (Lipinski definition) is 0. The fraction of sp³-hybridized carbons (Fsp3) is 0.765. The summed E-state index contributed by atoms with van der Waals surface area (Å²) in [5, 5.41) is 0. The maximum atomic E-state index is 5.26. The lowest BCUT2D eigenvalue weighted by molar-refractivity contribution is 0.550. The average molecular weight is 235 g/mol. The topological polar surface area (TPSA) is 0 Å². The van der Waals surface area contributed by atoms with Crippen LogP contribution < -0.4 is 0 Å². The Kier molecular flexibility index (Phi) is 15.0. The van der Waals surface area contributed by atoms with Crippen molar-refractivity contribution in [2.75, 3.05) is 0 Å². The van der Waals surface area contributed by atoms with Crippen LogP contribution in [0.4, 0.5) is 0 Å². The van der Waals surface area contributed by atoms with Crippen molar-refractivity contribution in [3.05, 3.63) is 24.8 Å². The van der Waals surface area contributed by atoms with Crippen molar-refractivity contribution in [1.82, 2.24) is 0 Å². The molecule has 0 aromatic carbocycles. The molecule has 0 fully saturated rings. The summed E-state index contributed by atoms with van der Waals surface area (Å²) < 4.78 is 0. The second kappa shape index (κ2) is 15.5. The summed E-state index contributed by atoms with van der Waals surface area (Å²) in [4.78, 5) is 0. The van der Waals surface area contributed by atoms with E-state index in [1.54, 1.807) is 6.08 Å². The molecule has 0 saturated heterocycles. The lowest BCUT2D eigenvalue weighted by Crippen LogP contribution is -1.81. The van der Waals surface area contributed by atoms with E-state index in [-0.39, 0.29) is 0 Å². The van der Waals surface area contributed by atoms with Gasteiger partial charge in [0.05, 0.1) is 0 Å². The van der Waals surface area contributed by atoms with Crippen LogP contribution in [0, 0.1) is 6.58 Å². The van der Waals surface area contributed by atoms with Gasteiger partial charge >= 0.3 is 0 Å². The molecule has 0 bridgehead atoms. The molecule has 0 rings (SSSR count). The van der Waals surface area contributed by atoms with Crippen molar-refractivity contribution in [2.24, 2.45) is 0 Å². The Bertz CT molecular complexity index is 167. The largest absolute Gasteiger partial charge is 0.0845 e. The fourth-order valence-corrected chi connectivity index (χ4v) is 2.10. The molecular formula is C17H31. The van der Waals surface area contributed by atoms with Crippen molar-refractivity contribution in [1.29, 1.82) is 0 Å². The van der Waals surface area contributed by atoms with E-state index >= 15 is 0 Å². The Morgan fingerprint density at radius 1 is 0.706 bits per heavy atom. The first-order valence-corrected chi connectivity index (χ1v) is 7.62. The van der Waals surface area contributed by atoms with Crippen LogP contribution >= 0.6 is 0 Å². The third-order valence-corrected chi connectivity index (χ3v) is 3.22. The summed E-state index contributed by atoms with van der Waals surface area (Å²) in [6, 6.07) is 0. The predicted octanol–water partition coefficient (Wildman–Crippen LogP) is 6.23. The molecule has 0 aliphatic rings. The molecule has 0 heterocycles. The minimum absolute atomic E-state index is 1.19. The van der Waals surface area contributed by atoms with Gasteiger partial charge in [0.25, 0.3) is 0 Å². The summed E-state index contributed by atoms with van der Waals surface area (Å²) in [6.45, 7) is 7.53. The zero-order valence-corrected chi connectivity index (χ0v) is 11.8. The van der Waals surface area contributed by atoms with Gasteiger partial charge in [-0.3, -0.25) is 0 Å². The molecule has 0 spiro atoms. The van der Waals surface area contributed by atoms with Gasteiger partial charge in [0.15, 0.2) is 0 Å². The number of hydrogen-bond acceptors (Lipinski definition) is 0. The molecule has 99 valence electrons. The van der Waals surface area contributed by atoms with Gasteiger partial charge in [0.2, 0.25) is 0 Å². The van der Waals surface area contributed by atoms with Gasteiger partial charge in [-0.1, -0.05) is 95.9 Å². The quantitative estimate of drug-likeness (QED) is 0.262. The van der Waals surface area contributed by atoms with Crippen molar-refractivity contribution < 1.29 is 0 Å². The fourth-order valence-electron chi connectivity index (χ4n) is 2.10. The van der Waals surface area contributed by atoms with Gasteiger partial charge < -0.3 is 0 Å². The summed E-state index contributed by atoms with van der Waals surface area (Å²) in [7, 11) is 0. The third kappa shape index (κ3) is 15.5. The molecule has 1 radical (unpaired) electrons. The van der Waals surface area contributed by atoms with E-state index < -0.39 is 0 Å². The Morgan fingerprint density at radius 3 is 1.65 bits per heavy atom. The highest BCUT2D eigenvalue weighted by atomic mass is 14.0. The zero-order chi connectivity index (χ0) is 12.6. The Labute approximate surface area is 109 Å². The molecule has 0 nitrogen and oxygen atoms in total. The van der Waals surface area contributed by atoms with Crippen LogP contribution in [0.1, 0.15) is 84.0 Å². The molecule has 0 amide bonds. The molecule has 0 unspecified atom stereocenters. The highest BCUT2D eigenvalue weighted by molar-refractivity contribution is 4.95. The summed E-state index contributed by atoms with van der Waals surface area (Å²) in [5.74, 6) is 0.